The Morgan fingerprint density at radius 2 is 2.25 bits per heavy atom. The largest absolute Gasteiger partial charge is 0.372 e. The van der Waals surface area contributed by atoms with Crippen LogP contribution in [-0.2, 0) is 11.3 Å². The predicted molar refractivity (Wildman–Crippen MR) is 88.7 cm³/mol. The van der Waals surface area contributed by atoms with Gasteiger partial charge in [-0.25, -0.2) is 0 Å². The molecule has 6 heteroatoms. The first-order chi connectivity index (χ1) is 11.7. The lowest BCUT2D eigenvalue weighted by Gasteiger charge is -2.31. The number of nitrogens with zero attached hydrogens (tertiary/aromatic N) is 3. The van der Waals surface area contributed by atoms with Gasteiger partial charge in [-0.1, -0.05) is 23.4 Å². The molecule has 0 spiro atoms. The summed E-state index contributed by atoms with van der Waals surface area (Å²) in [5.74, 6) is 1.36. The first-order valence-electron chi connectivity index (χ1n) is 8.44. The van der Waals surface area contributed by atoms with E-state index in [4.69, 9.17) is 9.26 Å². The Labute approximate surface area is 141 Å². The maximum Gasteiger partial charge on any atom is 0.254 e. The van der Waals surface area contributed by atoms with Crippen molar-refractivity contribution in [1.29, 1.82) is 0 Å². The number of benzene rings is 1. The Kier molecular flexibility index (Phi) is 5.25. The monoisotopic (exact) mass is 329 g/mol. The van der Waals surface area contributed by atoms with E-state index in [1.807, 2.05) is 43.0 Å². The van der Waals surface area contributed by atoms with Gasteiger partial charge in [0.2, 0.25) is 0 Å². The van der Waals surface area contributed by atoms with E-state index in [0.29, 0.717) is 31.5 Å². The molecule has 0 aliphatic carbocycles. The molecule has 0 saturated carbocycles. The number of hydrogen-bond donors (Lipinski definition) is 0. The predicted octanol–water partition coefficient (Wildman–Crippen LogP) is 2.93. The molecule has 0 radical (unpaired) electrons. The number of hydrogen-bond acceptors (Lipinski definition) is 5. The number of carbonyl (C=O) groups excluding carboxylic acids is 1. The highest BCUT2D eigenvalue weighted by Crippen LogP contribution is 2.26. The van der Waals surface area contributed by atoms with Crippen LogP contribution in [-0.4, -0.2) is 40.6 Å². The quantitative estimate of drug-likeness (QED) is 0.843. The van der Waals surface area contributed by atoms with Gasteiger partial charge < -0.3 is 14.2 Å². The third-order valence-electron chi connectivity index (χ3n) is 4.36. The smallest absolute Gasteiger partial charge is 0.254 e. The van der Waals surface area contributed by atoms with Crippen molar-refractivity contribution in [3.05, 3.63) is 47.1 Å². The Morgan fingerprint density at radius 3 is 3.04 bits per heavy atom. The average molecular weight is 329 g/mol. The summed E-state index contributed by atoms with van der Waals surface area (Å²) in [7, 11) is 0. The highest BCUT2D eigenvalue weighted by molar-refractivity contribution is 5.95. The summed E-state index contributed by atoms with van der Waals surface area (Å²) >= 11 is 0. The van der Waals surface area contributed by atoms with Gasteiger partial charge in [-0.15, -0.1) is 0 Å². The highest BCUT2D eigenvalue weighted by Gasteiger charge is 2.29. The van der Waals surface area contributed by atoms with Crippen molar-refractivity contribution >= 4 is 5.91 Å². The fourth-order valence-electron chi connectivity index (χ4n) is 3.04. The zero-order valence-corrected chi connectivity index (χ0v) is 14.2. The summed E-state index contributed by atoms with van der Waals surface area (Å²) in [4.78, 5) is 19.1. The molecule has 1 aliphatic heterocycles. The van der Waals surface area contributed by atoms with Gasteiger partial charge in [-0.05, 0) is 38.3 Å². The molecule has 2 aromatic rings. The Hall–Kier alpha value is -2.21. The molecule has 3 rings (SSSR count). The topological polar surface area (TPSA) is 68.5 Å². The molecule has 1 aromatic carbocycles. The molecule has 1 unspecified atom stereocenters. The fourth-order valence-corrected chi connectivity index (χ4v) is 3.04. The third kappa shape index (κ3) is 3.64. The van der Waals surface area contributed by atoms with Crippen LogP contribution in [0.1, 0.15) is 53.3 Å². The third-order valence-corrected chi connectivity index (χ3v) is 4.36. The summed E-state index contributed by atoms with van der Waals surface area (Å²) in [6.45, 7) is 6.23. The second kappa shape index (κ2) is 7.57. The lowest BCUT2D eigenvalue weighted by atomic mass is 9.96. The first-order valence-corrected chi connectivity index (χ1v) is 8.44. The number of aromatic nitrogens is 2. The maximum atomic E-state index is 12.8. The molecule has 6 nitrogen and oxygen atoms in total. The molecule has 1 aliphatic rings. The van der Waals surface area contributed by atoms with Gasteiger partial charge in [0.1, 0.15) is 6.61 Å². The summed E-state index contributed by atoms with van der Waals surface area (Å²) in [6, 6.07) is 7.70. The van der Waals surface area contributed by atoms with Crippen LogP contribution in [0.4, 0.5) is 0 Å². The minimum Gasteiger partial charge on any atom is -0.372 e. The number of aryl methyl sites for hydroxylation is 1. The molecule has 1 fully saturated rings. The summed E-state index contributed by atoms with van der Waals surface area (Å²) < 4.78 is 10.5. The van der Waals surface area contributed by atoms with Crippen molar-refractivity contribution in [2.75, 3.05) is 19.7 Å². The molecule has 24 heavy (non-hydrogen) atoms. The van der Waals surface area contributed by atoms with Crippen LogP contribution in [0.3, 0.4) is 0 Å². The van der Waals surface area contributed by atoms with Gasteiger partial charge in [0.25, 0.3) is 11.8 Å². The van der Waals surface area contributed by atoms with E-state index in [2.05, 4.69) is 10.1 Å². The van der Waals surface area contributed by atoms with E-state index >= 15 is 0 Å². The standard InChI is InChI=1S/C18H23N3O3/c1-3-23-12-16-19-17(20-24-16)14-8-6-10-21(11-14)18(22)15-9-5-4-7-13(15)2/h4-5,7,9,14H,3,6,8,10-12H2,1-2H3. The lowest BCUT2D eigenvalue weighted by molar-refractivity contribution is 0.0703. The lowest BCUT2D eigenvalue weighted by Crippen LogP contribution is -2.39. The van der Waals surface area contributed by atoms with Crippen molar-refractivity contribution in [3.63, 3.8) is 0 Å². The van der Waals surface area contributed by atoms with Crippen molar-refractivity contribution < 1.29 is 14.1 Å². The van der Waals surface area contributed by atoms with Gasteiger partial charge >= 0.3 is 0 Å². The molecule has 0 bridgehead atoms. The Bertz CT molecular complexity index is 698. The average Bonchev–Trinajstić information content (AvgIpc) is 3.09. The van der Waals surface area contributed by atoms with E-state index in [-0.39, 0.29) is 11.8 Å². The van der Waals surface area contributed by atoms with Crippen LogP contribution in [0.5, 0.6) is 0 Å². The molecule has 2 heterocycles. The van der Waals surface area contributed by atoms with Crippen LogP contribution in [0.15, 0.2) is 28.8 Å². The van der Waals surface area contributed by atoms with Crippen molar-refractivity contribution in [1.82, 2.24) is 15.0 Å². The summed E-state index contributed by atoms with van der Waals surface area (Å²) in [5.41, 5.74) is 1.77. The molecular weight excluding hydrogens is 306 g/mol. The van der Waals surface area contributed by atoms with E-state index in [0.717, 1.165) is 30.5 Å². The van der Waals surface area contributed by atoms with Gasteiger partial charge in [-0.3, -0.25) is 4.79 Å². The zero-order chi connectivity index (χ0) is 16.9. The van der Waals surface area contributed by atoms with Gasteiger partial charge in [0.15, 0.2) is 5.82 Å². The van der Waals surface area contributed by atoms with Crippen LogP contribution >= 0.6 is 0 Å². The minimum atomic E-state index is 0.0795. The molecular formula is C18H23N3O3. The van der Waals surface area contributed by atoms with E-state index in [1.165, 1.54) is 0 Å². The molecule has 1 atom stereocenters. The number of ether oxygens (including phenoxy) is 1. The van der Waals surface area contributed by atoms with E-state index < -0.39 is 0 Å². The SMILES string of the molecule is CCOCc1nc(C2CCCN(C(=O)c3ccccc3C)C2)no1. The molecule has 1 aromatic heterocycles. The van der Waals surface area contributed by atoms with Gasteiger partial charge in [-0.2, -0.15) is 4.98 Å². The number of piperidine rings is 1. The van der Waals surface area contributed by atoms with Gasteiger partial charge in [0.05, 0.1) is 0 Å². The second-order valence-electron chi connectivity index (χ2n) is 6.09. The molecule has 1 saturated heterocycles. The van der Waals surface area contributed by atoms with Crippen LogP contribution in [0, 0.1) is 6.92 Å². The Morgan fingerprint density at radius 1 is 1.42 bits per heavy atom. The summed E-state index contributed by atoms with van der Waals surface area (Å²) in [6.07, 6.45) is 1.91. The van der Waals surface area contributed by atoms with E-state index in [9.17, 15) is 4.79 Å². The fraction of sp³-hybridized carbons (Fsp3) is 0.500. The first kappa shape index (κ1) is 16.6. The van der Waals surface area contributed by atoms with Crippen LogP contribution in [0.2, 0.25) is 0 Å². The van der Waals surface area contributed by atoms with Crippen molar-refractivity contribution in [3.8, 4) is 0 Å². The normalized spacial score (nSPS) is 17.9. The van der Waals surface area contributed by atoms with Crippen LogP contribution in [0.25, 0.3) is 0 Å². The number of likely N-dealkylation sites (tertiary alicyclic amines) is 1. The minimum absolute atomic E-state index is 0.0795. The molecule has 0 N–H and O–H groups in total. The maximum absolute atomic E-state index is 12.8. The molecule has 1 amide bonds. The number of carbonyl (C=O) groups is 1. The van der Waals surface area contributed by atoms with E-state index in [1.54, 1.807) is 0 Å². The van der Waals surface area contributed by atoms with Crippen molar-refractivity contribution in [2.24, 2.45) is 0 Å². The molecule has 128 valence electrons. The zero-order valence-electron chi connectivity index (χ0n) is 14.2. The van der Waals surface area contributed by atoms with Crippen molar-refractivity contribution in [2.45, 2.75) is 39.2 Å². The van der Waals surface area contributed by atoms with Crippen LogP contribution < -0.4 is 0 Å². The summed E-state index contributed by atoms with van der Waals surface area (Å²) in [5, 5.41) is 4.07. The number of amides is 1. The number of rotatable bonds is 5. The Balaban J connectivity index is 1.69. The van der Waals surface area contributed by atoms with Gasteiger partial charge in [0, 0.05) is 31.2 Å². The second-order valence-corrected chi connectivity index (χ2v) is 6.09. The highest BCUT2D eigenvalue weighted by atomic mass is 16.5.